The van der Waals surface area contributed by atoms with Crippen molar-refractivity contribution in [2.24, 2.45) is 11.8 Å². The van der Waals surface area contributed by atoms with Gasteiger partial charge in [0.25, 0.3) is 5.91 Å². The lowest BCUT2D eigenvalue weighted by molar-refractivity contribution is 0.0603. The molecule has 1 aromatic carbocycles. The standard InChI is InChI=1S/C17H25N3O/c1-17(2)15-10-18-9-13(15)11-20(17)16(21)12-6-5-7-14(8-12)19(3)4/h5-8,13,15,18H,9-11H2,1-4H3. The molecule has 2 saturated heterocycles. The zero-order chi connectivity index (χ0) is 15.2. The number of hydrogen-bond donors (Lipinski definition) is 1. The third-order valence-electron chi connectivity index (χ3n) is 5.21. The highest BCUT2D eigenvalue weighted by Crippen LogP contribution is 2.41. The average Bonchev–Trinajstić information content (AvgIpc) is 3.01. The summed E-state index contributed by atoms with van der Waals surface area (Å²) >= 11 is 0. The Bertz CT molecular complexity index is 553. The normalized spacial score (nSPS) is 26.8. The van der Waals surface area contributed by atoms with Crippen LogP contribution in [0.15, 0.2) is 24.3 Å². The number of carbonyl (C=O) groups excluding carboxylic acids is 1. The average molecular weight is 287 g/mol. The van der Waals surface area contributed by atoms with Crippen LogP contribution in [0.5, 0.6) is 0 Å². The molecule has 0 saturated carbocycles. The number of fused-ring (bicyclic) bond motifs is 1. The molecule has 1 aromatic rings. The summed E-state index contributed by atoms with van der Waals surface area (Å²) in [7, 11) is 4.00. The van der Waals surface area contributed by atoms with E-state index in [9.17, 15) is 4.79 Å². The van der Waals surface area contributed by atoms with Gasteiger partial charge >= 0.3 is 0 Å². The van der Waals surface area contributed by atoms with Gasteiger partial charge in [-0.1, -0.05) is 6.07 Å². The Morgan fingerprint density at radius 3 is 2.76 bits per heavy atom. The Balaban J connectivity index is 1.87. The summed E-state index contributed by atoms with van der Waals surface area (Å²) in [5.74, 6) is 1.33. The molecule has 0 aliphatic carbocycles. The van der Waals surface area contributed by atoms with E-state index in [0.717, 1.165) is 30.9 Å². The van der Waals surface area contributed by atoms with E-state index in [1.54, 1.807) is 0 Å². The summed E-state index contributed by atoms with van der Waals surface area (Å²) < 4.78 is 0. The van der Waals surface area contributed by atoms with E-state index < -0.39 is 0 Å². The molecule has 2 heterocycles. The third kappa shape index (κ3) is 2.31. The van der Waals surface area contributed by atoms with Gasteiger partial charge in [-0.25, -0.2) is 0 Å². The smallest absolute Gasteiger partial charge is 0.254 e. The summed E-state index contributed by atoms with van der Waals surface area (Å²) in [5, 5.41) is 3.46. The van der Waals surface area contributed by atoms with E-state index in [2.05, 4.69) is 24.1 Å². The van der Waals surface area contributed by atoms with Gasteiger partial charge in [0.15, 0.2) is 0 Å². The number of carbonyl (C=O) groups is 1. The first-order valence-electron chi connectivity index (χ1n) is 7.71. The Morgan fingerprint density at radius 2 is 2.10 bits per heavy atom. The lowest BCUT2D eigenvalue weighted by Gasteiger charge is -2.35. The van der Waals surface area contributed by atoms with Gasteiger partial charge in [-0.3, -0.25) is 4.79 Å². The van der Waals surface area contributed by atoms with Gasteiger partial charge in [-0.2, -0.15) is 0 Å². The number of likely N-dealkylation sites (tertiary alicyclic amines) is 1. The van der Waals surface area contributed by atoms with Gasteiger partial charge in [0.1, 0.15) is 0 Å². The van der Waals surface area contributed by atoms with Crippen molar-refractivity contribution >= 4 is 11.6 Å². The van der Waals surface area contributed by atoms with Crippen LogP contribution in [-0.4, -0.2) is 50.1 Å². The van der Waals surface area contributed by atoms with Crippen LogP contribution >= 0.6 is 0 Å². The number of nitrogens with one attached hydrogen (secondary N) is 1. The van der Waals surface area contributed by atoms with Gasteiger partial charge in [0, 0.05) is 50.5 Å². The van der Waals surface area contributed by atoms with Crippen molar-refractivity contribution in [3.63, 3.8) is 0 Å². The summed E-state index contributed by atoms with van der Waals surface area (Å²) in [6, 6.07) is 7.92. The van der Waals surface area contributed by atoms with Crippen LogP contribution in [0.2, 0.25) is 0 Å². The SMILES string of the molecule is CN(C)c1cccc(C(=O)N2CC3CNCC3C2(C)C)c1. The van der Waals surface area contributed by atoms with Crippen molar-refractivity contribution in [3.8, 4) is 0 Å². The minimum atomic E-state index is -0.0701. The van der Waals surface area contributed by atoms with E-state index in [1.165, 1.54) is 0 Å². The van der Waals surface area contributed by atoms with Gasteiger partial charge in [-0.05, 0) is 43.9 Å². The molecule has 2 unspecified atom stereocenters. The number of hydrogen-bond acceptors (Lipinski definition) is 3. The van der Waals surface area contributed by atoms with E-state index in [1.807, 2.05) is 43.3 Å². The topological polar surface area (TPSA) is 35.6 Å². The molecule has 0 bridgehead atoms. The van der Waals surface area contributed by atoms with Crippen LogP contribution in [0, 0.1) is 11.8 Å². The van der Waals surface area contributed by atoms with E-state index in [4.69, 9.17) is 0 Å². The number of anilines is 1. The molecular formula is C17H25N3O. The van der Waals surface area contributed by atoms with Gasteiger partial charge in [0.05, 0.1) is 0 Å². The van der Waals surface area contributed by atoms with Crippen molar-refractivity contribution in [2.75, 3.05) is 38.6 Å². The largest absolute Gasteiger partial charge is 0.378 e. The second-order valence-corrected chi connectivity index (χ2v) is 7.04. The minimum Gasteiger partial charge on any atom is -0.378 e. The maximum atomic E-state index is 13.0. The highest BCUT2D eigenvalue weighted by molar-refractivity contribution is 5.96. The van der Waals surface area contributed by atoms with Crippen molar-refractivity contribution in [1.29, 1.82) is 0 Å². The van der Waals surface area contributed by atoms with E-state index in [0.29, 0.717) is 11.8 Å². The predicted molar refractivity (Wildman–Crippen MR) is 85.7 cm³/mol. The molecule has 4 heteroatoms. The summed E-state index contributed by atoms with van der Waals surface area (Å²) in [6.45, 7) is 7.35. The lowest BCUT2D eigenvalue weighted by atomic mass is 9.84. The second-order valence-electron chi connectivity index (χ2n) is 7.04. The molecule has 0 radical (unpaired) electrons. The number of benzene rings is 1. The molecular weight excluding hydrogens is 262 g/mol. The van der Waals surface area contributed by atoms with Crippen LogP contribution in [0.25, 0.3) is 0 Å². The zero-order valence-electron chi connectivity index (χ0n) is 13.4. The fourth-order valence-corrected chi connectivity index (χ4v) is 3.84. The first kappa shape index (κ1) is 14.4. The predicted octanol–water partition coefficient (Wildman–Crippen LogP) is 1.82. The Morgan fingerprint density at radius 1 is 1.33 bits per heavy atom. The number of amides is 1. The van der Waals surface area contributed by atoms with Crippen LogP contribution in [0.1, 0.15) is 24.2 Å². The first-order valence-corrected chi connectivity index (χ1v) is 7.71. The fourth-order valence-electron chi connectivity index (χ4n) is 3.84. The Labute approximate surface area is 127 Å². The van der Waals surface area contributed by atoms with Crippen LogP contribution in [-0.2, 0) is 0 Å². The Kier molecular flexibility index (Phi) is 3.44. The lowest BCUT2D eigenvalue weighted by Crippen LogP contribution is -2.47. The molecule has 1 amide bonds. The monoisotopic (exact) mass is 287 g/mol. The highest BCUT2D eigenvalue weighted by Gasteiger charge is 2.51. The van der Waals surface area contributed by atoms with Gasteiger partial charge in [0.2, 0.25) is 0 Å². The molecule has 0 aromatic heterocycles. The first-order chi connectivity index (χ1) is 9.91. The van der Waals surface area contributed by atoms with Crippen LogP contribution in [0.3, 0.4) is 0 Å². The number of rotatable bonds is 2. The fraction of sp³-hybridized carbons (Fsp3) is 0.588. The van der Waals surface area contributed by atoms with Crippen LogP contribution < -0.4 is 10.2 Å². The molecule has 2 aliphatic heterocycles. The summed E-state index contributed by atoms with van der Waals surface area (Å²) in [6.07, 6.45) is 0. The molecule has 2 aliphatic rings. The molecule has 2 atom stereocenters. The maximum Gasteiger partial charge on any atom is 0.254 e. The summed E-state index contributed by atoms with van der Waals surface area (Å²) in [4.78, 5) is 17.1. The van der Waals surface area contributed by atoms with Crippen molar-refractivity contribution in [1.82, 2.24) is 10.2 Å². The van der Waals surface area contributed by atoms with Crippen molar-refractivity contribution in [2.45, 2.75) is 19.4 Å². The second kappa shape index (κ2) is 5.02. The van der Waals surface area contributed by atoms with Gasteiger partial charge in [-0.15, -0.1) is 0 Å². The Hall–Kier alpha value is -1.55. The molecule has 1 N–H and O–H groups in total. The molecule has 3 rings (SSSR count). The molecule has 2 fully saturated rings. The highest BCUT2D eigenvalue weighted by atomic mass is 16.2. The molecule has 0 spiro atoms. The quantitative estimate of drug-likeness (QED) is 0.901. The minimum absolute atomic E-state index is 0.0701. The molecule has 4 nitrogen and oxygen atoms in total. The van der Waals surface area contributed by atoms with E-state index in [-0.39, 0.29) is 11.4 Å². The maximum absolute atomic E-state index is 13.0. The third-order valence-corrected chi connectivity index (χ3v) is 5.21. The van der Waals surface area contributed by atoms with E-state index >= 15 is 0 Å². The van der Waals surface area contributed by atoms with Crippen LogP contribution in [0.4, 0.5) is 5.69 Å². The molecule has 114 valence electrons. The zero-order valence-corrected chi connectivity index (χ0v) is 13.4. The molecule has 21 heavy (non-hydrogen) atoms. The van der Waals surface area contributed by atoms with Gasteiger partial charge < -0.3 is 15.1 Å². The summed E-state index contributed by atoms with van der Waals surface area (Å²) in [5.41, 5.74) is 1.79. The number of nitrogens with zero attached hydrogens (tertiary/aromatic N) is 2. The van der Waals surface area contributed by atoms with Crippen molar-refractivity contribution in [3.05, 3.63) is 29.8 Å². The van der Waals surface area contributed by atoms with Crippen molar-refractivity contribution < 1.29 is 4.79 Å².